The Hall–Kier alpha value is -2.96. The fraction of sp³-hybridized carbons (Fsp3) is 0.0870. The second-order valence-corrected chi connectivity index (χ2v) is 7.49. The van der Waals surface area contributed by atoms with Gasteiger partial charge in [0.1, 0.15) is 0 Å². The van der Waals surface area contributed by atoms with Gasteiger partial charge in [0.15, 0.2) is 21.3 Å². The van der Waals surface area contributed by atoms with Crippen molar-refractivity contribution in [3.63, 3.8) is 0 Å². The van der Waals surface area contributed by atoms with Gasteiger partial charge >= 0.3 is 5.97 Å². The molecule has 3 aromatic rings. The fourth-order valence-electron chi connectivity index (χ4n) is 2.53. The number of ether oxygens (including phenoxy) is 1. The molecule has 0 radical (unpaired) electrons. The second-order valence-electron chi connectivity index (χ2n) is 5.46. The summed E-state index contributed by atoms with van der Waals surface area (Å²) in [5.74, 6) is 5.12. The first-order chi connectivity index (χ1) is 12.8. The molecule has 0 atom stereocenters. The molecule has 0 unspecified atom stereocenters. The third kappa shape index (κ3) is 4.36. The Morgan fingerprint density at radius 1 is 0.846 bits per heavy atom. The number of hydrogen-bond donors (Lipinski definition) is 0. The molecule has 0 N–H and O–H groups in total. The quantitative estimate of drug-likeness (QED) is 0.365. The number of esters is 1. The van der Waals surface area contributed by atoms with Gasteiger partial charge in [-0.3, -0.25) is 0 Å². The van der Waals surface area contributed by atoms with Crippen molar-refractivity contribution in [2.24, 2.45) is 0 Å². The summed E-state index contributed by atoms with van der Waals surface area (Å²) in [6.07, 6.45) is 0. The van der Waals surface area contributed by atoms with Crippen LogP contribution in [0.3, 0.4) is 0 Å². The highest BCUT2D eigenvalue weighted by Crippen LogP contribution is 2.31. The van der Waals surface area contributed by atoms with Gasteiger partial charge in [-0.2, -0.15) is 0 Å². The standard InChI is InChI=1S/C23H19O2S/c1-2-3-17-25-23(24)19-11-10-16-22(18-19)26(20-12-6-4-7-13-20)21-14-8-5-9-15-21/h4-16,18H,17H2,1H3/q+1. The van der Waals surface area contributed by atoms with Crippen molar-refractivity contribution >= 4 is 16.9 Å². The third-order valence-electron chi connectivity index (χ3n) is 3.72. The fourth-order valence-corrected chi connectivity index (χ4v) is 4.66. The Morgan fingerprint density at radius 3 is 2.00 bits per heavy atom. The van der Waals surface area contributed by atoms with E-state index < -0.39 is 0 Å². The molecule has 0 heterocycles. The maximum atomic E-state index is 12.3. The van der Waals surface area contributed by atoms with E-state index in [1.165, 1.54) is 9.79 Å². The maximum Gasteiger partial charge on any atom is 0.339 e. The summed E-state index contributed by atoms with van der Waals surface area (Å²) < 4.78 is 5.21. The lowest BCUT2D eigenvalue weighted by molar-refractivity contribution is 0.0556. The van der Waals surface area contributed by atoms with Gasteiger partial charge in [-0.15, -0.1) is 5.92 Å². The predicted molar refractivity (Wildman–Crippen MR) is 105 cm³/mol. The SMILES string of the molecule is CC#CCOC(=O)c1cccc([S+](c2ccccc2)c2ccccc2)c1. The minimum absolute atomic E-state index is 0.114. The largest absolute Gasteiger partial charge is 0.449 e. The van der Waals surface area contributed by atoms with Crippen LogP contribution in [0, 0.1) is 11.8 Å². The molecular formula is C23H19O2S+. The molecule has 0 aliphatic rings. The zero-order valence-electron chi connectivity index (χ0n) is 14.5. The summed E-state index contributed by atoms with van der Waals surface area (Å²) >= 11 is 0. The van der Waals surface area contributed by atoms with Gasteiger partial charge in [0.25, 0.3) is 0 Å². The number of carbonyl (C=O) groups excluding carboxylic acids is 1. The molecule has 0 aromatic heterocycles. The normalized spacial score (nSPS) is 10.1. The van der Waals surface area contributed by atoms with Crippen LogP contribution >= 0.6 is 0 Å². The molecule has 0 aliphatic heterocycles. The van der Waals surface area contributed by atoms with Crippen LogP contribution in [0.15, 0.2) is 99.6 Å². The molecule has 2 nitrogen and oxygen atoms in total. The number of benzene rings is 3. The molecule has 0 spiro atoms. The topological polar surface area (TPSA) is 26.3 Å². The van der Waals surface area contributed by atoms with Crippen molar-refractivity contribution in [2.75, 3.05) is 6.61 Å². The van der Waals surface area contributed by atoms with Crippen molar-refractivity contribution < 1.29 is 9.53 Å². The van der Waals surface area contributed by atoms with E-state index in [1.807, 2.05) is 48.5 Å². The molecule has 0 saturated heterocycles. The van der Waals surface area contributed by atoms with E-state index in [0.29, 0.717) is 5.56 Å². The summed E-state index contributed by atoms with van der Waals surface area (Å²) in [4.78, 5) is 15.8. The smallest absolute Gasteiger partial charge is 0.339 e. The average molecular weight is 359 g/mol. The Balaban J connectivity index is 1.98. The van der Waals surface area contributed by atoms with Crippen molar-refractivity contribution in [3.8, 4) is 11.8 Å². The van der Waals surface area contributed by atoms with Gasteiger partial charge < -0.3 is 4.74 Å². The number of rotatable bonds is 5. The number of hydrogen-bond acceptors (Lipinski definition) is 2. The van der Waals surface area contributed by atoms with Gasteiger partial charge in [0.05, 0.1) is 16.5 Å². The van der Waals surface area contributed by atoms with E-state index >= 15 is 0 Å². The summed E-state index contributed by atoms with van der Waals surface area (Å²) in [6.45, 7) is 1.84. The minimum atomic E-state index is -0.348. The number of carbonyl (C=O) groups is 1. The highest BCUT2D eigenvalue weighted by atomic mass is 32.2. The van der Waals surface area contributed by atoms with Gasteiger partial charge in [-0.1, -0.05) is 48.4 Å². The first kappa shape index (κ1) is 17.8. The van der Waals surface area contributed by atoms with Crippen molar-refractivity contribution in [2.45, 2.75) is 21.6 Å². The van der Waals surface area contributed by atoms with E-state index in [-0.39, 0.29) is 23.5 Å². The molecular weight excluding hydrogens is 340 g/mol. The van der Waals surface area contributed by atoms with E-state index in [2.05, 4.69) is 42.2 Å². The van der Waals surface area contributed by atoms with Crippen LogP contribution in [0.25, 0.3) is 0 Å². The van der Waals surface area contributed by atoms with Crippen molar-refractivity contribution in [1.82, 2.24) is 0 Å². The van der Waals surface area contributed by atoms with Crippen LogP contribution in [0.1, 0.15) is 17.3 Å². The van der Waals surface area contributed by atoms with Crippen molar-refractivity contribution in [3.05, 3.63) is 90.5 Å². The van der Waals surface area contributed by atoms with Crippen LogP contribution < -0.4 is 0 Å². The van der Waals surface area contributed by atoms with Crippen molar-refractivity contribution in [1.29, 1.82) is 0 Å². The van der Waals surface area contributed by atoms with Gasteiger partial charge in [-0.25, -0.2) is 4.79 Å². The lowest BCUT2D eigenvalue weighted by Crippen LogP contribution is -2.09. The molecule has 3 heteroatoms. The highest BCUT2D eigenvalue weighted by Gasteiger charge is 2.29. The predicted octanol–water partition coefficient (Wildman–Crippen LogP) is 4.96. The molecule has 0 amide bonds. The summed E-state index contributed by atoms with van der Waals surface area (Å²) in [7, 11) is -0.285. The van der Waals surface area contributed by atoms with Gasteiger partial charge in [0, 0.05) is 6.07 Å². The summed E-state index contributed by atoms with van der Waals surface area (Å²) in [5, 5.41) is 0. The van der Waals surface area contributed by atoms with E-state index in [9.17, 15) is 4.79 Å². The molecule has 128 valence electrons. The van der Waals surface area contributed by atoms with Crippen LogP contribution in [0.2, 0.25) is 0 Å². The molecule has 0 bridgehead atoms. The zero-order chi connectivity index (χ0) is 18.2. The van der Waals surface area contributed by atoms with Gasteiger partial charge in [-0.05, 0) is 43.3 Å². The van der Waals surface area contributed by atoms with E-state index in [1.54, 1.807) is 13.0 Å². The monoisotopic (exact) mass is 359 g/mol. The maximum absolute atomic E-state index is 12.3. The molecule has 0 aliphatic carbocycles. The van der Waals surface area contributed by atoms with Crippen LogP contribution in [0.4, 0.5) is 0 Å². The second kappa shape index (κ2) is 8.94. The molecule has 0 fully saturated rings. The highest BCUT2D eigenvalue weighted by molar-refractivity contribution is 7.97. The molecule has 3 rings (SSSR count). The van der Waals surface area contributed by atoms with Crippen LogP contribution in [-0.4, -0.2) is 12.6 Å². The average Bonchev–Trinajstić information content (AvgIpc) is 2.70. The van der Waals surface area contributed by atoms with Gasteiger partial charge in [0.2, 0.25) is 0 Å². The third-order valence-corrected chi connectivity index (χ3v) is 5.93. The van der Waals surface area contributed by atoms with E-state index in [0.717, 1.165) is 4.90 Å². The lowest BCUT2D eigenvalue weighted by Gasteiger charge is -2.09. The molecule has 0 saturated carbocycles. The van der Waals surface area contributed by atoms with Crippen LogP contribution in [0.5, 0.6) is 0 Å². The Bertz CT molecular complexity index is 885. The molecule has 26 heavy (non-hydrogen) atoms. The van der Waals surface area contributed by atoms with E-state index in [4.69, 9.17) is 4.74 Å². The Morgan fingerprint density at radius 2 is 1.42 bits per heavy atom. The van der Waals surface area contributed by atoms with Crippen LogP contribution in [-0.2, 0) is 15.6 Å². The Kier molecular flexibility index (Phi) is 6.14. The summed E-state index contributed by atoms with van der Waals surface area (Å²) in [6, 6.07) is 28.4. The lowest BCUT2D eigenvalue weighted by atomic mass is 10.2. The minimum Gasteiger partial charge on any atom is -0.449 e. The summed E-state index contributed by atoms with van der Waals surface area (Å²) in [5.41, 5.74) is 0.546. The first-order valence-corrected chi connectivity index (χ1v) is 9.53. The first-order valence-electron chi connectivity index (χ1n) is 8.31. The Labute approximate surface area is 157 Å². The molecule has 3 aromatic carbocycles. The zero-order valence-corrected chi connectivity index (χ0v) is 15.3.